The second-order valence-electron chi connectivity index (χ2n) is 8.91. The van der Waals surface area contributed by atoms with Crippen LogP contribution in [0.2, 0.25) is 0 Å². The summed E-state index contributed by atoms with van der Waals surface area (Å²) in [6.07, 6.45) is 4.99. The zero-order valence-corrected chi connectivity index (χ0v) is 18.4. The number of aromatic nitrogens is 1. The molecule has 0 spiro atoms. The summed E-state index contributed by atoms with van der Waals surface area (Å²) in [6.45, 7) is 3.58. The largest absolute Gasteiger partial charge is 0.508 e. The summed E-state index contributed by atoms with van der Waals surface area (Å²) in [5.74, 6) is -0.214. The summed E-state index contributed by atoms with van der Waals surface area (Å²) in [4.78, 5) is 0. The summed E-state index contributed by atoms with van der Waals surface area (Å²) in [7, 11) is 0. The van der Waals surface area contributed by atoms with E-state index >= 15 is 4.39 Å². The van der Waals surface area contributed by atoms with Gasteiger partial charge in [-0.05, 0) is 67.6 Å². The Morgan fingerprint density at radius 3 is 2.47 bits per heavy atom. The molecule has 1 aliphatic carbocycles. The predicted octanol–water partition coefficient (Wildman–Crippen LogP) is 6.19. The van der Waals surface area contributed by atoms with Gasteiger partial charge in [-0.1, -0.05) is 55.0 Å². The second kappa shape index (κ2) is 8.79. The first-order valence-electron chi connectivity index (χ1n) is 11.5. The molecule has 0 radical (unpaired) electrons. The van der Waals surface area contributed by atoms with Crippen molar-refractivity contribution in [3.63, 3.8) is 0 Å². The SMILES string of the molecule is Cc1ccccc1-c1c(F)c2cc(O)ccc2n1Cc1ccc(CCNC2CCC2)cc1. The van der Waals surface area contributed by atoms with Crippen molar-refractivity contribution < 1.29 is 9.50 Å². The molecule has 0 atom stereocenters. The number of phenolic OH excluding ortho intramolecular Hbond substituents is 1. The summed E-state index contributed by atoms with van der Waals surface area (Å²) < 4.78 is 17.6. The molecule has 4 aromatic rings. The molecule has 4 heteroatoms. The Kier molecular flexibility index (Phi) is 5.71. The van der Waals surface area contributed by atoms with Crippen molar-refractivity contribution in [3.05, 3.63) is 89.2 Å². The molecule has 164 valence electrons. The van der Waals surface area contributed by atoms with E-state index in [0.29, 0.717) is 23.7 Å². The van der Waals surface area contributed by atoms with Crippen LogP contribution >= 0.6 is 0 Å². The molecule has 1 aliphatic rings. The van der Waals surface area contributed by atoms with Gasteiger partial charge in [-0.15, -0.1) is 0 Å². The van der Waals surface area contributed by atoms with Crippen molar-refractivity contribution in [2.75, 3.05) is 6.54 Å². The van der Waals surface area contributed by atoms with E-state index in [9.17, 15) is 5.11 Å². The second-order valence-corrected chi connectivity index (χ2v) is 8.91. The molecule has 1 aromatic heterocycles. The number of hydrogen-bond acceptors (Lipinski definition) is 2. The zero-order valence-electron chi connectivity index (χ0n) is 18.4. The molecule has 3 nitrogen and oxygen atoms in total. The van der Waals surface area contributed by atoms with E-state index in [4.69, 9.17) is 0 Å². The first-order valence-corrected chi connectivity index (χ1v) is 11.5. The molecule has 0 unspecified atom stereocenters. The molecule has 3 aromatic carbocycles. The highest BCUT2D eigenvalue weighted by Crippen LogP contribution is 2.36. The van der Waals surface area contributed by atoms with E-state index in [0.717, 1.165) is 35.2 Å². The third-order valence-electron chi connectivity index (χ3n) is 6.70. The number of hydrogen-bond donors (Lipinski definition) is 2. The minimum absolute atomic E-state index is 0.0738. The molecule has 5 rings (SSSR count). The minimum atomic E-state index is -0.288. The van der Waals surface area contributed by atoms with Gasteiger partial charge in [0, 0.05) is 23.5 Å². The number of halogens is 1. The average Bonchev–Trinajstić information content (AvgIpc) is 3.02. The van der Waals surface area contributed by atoms with Crippen molar-refractivity contribution in [1.29, 1.82) is 0 Å². The Bertz CT molecular complexity index is 1240. The van der Waals surface area contributed by atoms with Gasteiger partial charge in [0.15, 0.2) is 5.82 Å². The highest BCUT2D eigenvalue weighted by atomic mass is 19.1. The fourth-order valence-electron chi connectivity index (χ4n) is 4.60. The smallest absolute Gasteiger partial charge is 0.156 e. The standard InChI is InChI=1S/C28H29FN2O/c1-19-5-2-3-8-24(19)28-27(29)25-17-23(32)13-14-26(25)31(28)18-21-11-9-20(10-12-21)15-16-30-22-6-4-7-22/h2-3,5,8-14,17,22,30,32H,4,6-7,15-16,18H2,1H3. The van der Waals surface area contributed by atoms with E-state index in [-0.39, 0.29) is 11.6 Å². The number of phenols is 1. The number of fused-ring (bicyclic) bond motifs is 1. The maximum atomic E-state index is 15.6. The highest BCUT2D eigenvalue weighted by molar-refractivity contribution is 5.89. The zero-order chi connectivity index (χ0) is 22.1. The van der Waals surface area contributed by atoms with Gasteiger partial charge in [-0.2, -0.15) is 0 Å². The van der Waals surface area contributed by atoms with Crippen LogP contribution < -0.4 is 5.32 Å². The van der Waals surface area contributed by atoms with Gasteiger partial charge < -0.3 is 15.0 Å². The summed E-state index contributed by atoms with van der Waals surface area (Å²) in [6, 6.07) is 22.2. The highest BCUT2D eigenvalue weighted by Gasteiger charge is 2.21. The van der Waals surface area contributed by atoms with Crippen LogP contribution in [0.4, 0.5) is 4.39 Å². The van der Waals surface area contributed by atoms with Gasteiger partial charge >= 0.3 is 0 Å². The normalized spacial score (nSPS) is 14.1. The molecule has 0 bridgehead atoms. The average molecular weight is 429 g/mol. The van der Waals surface area contributed by atoms with Crippen LogP contribution in [0.3, 0.4) is 0 Å². The number of aryl methyl sites for hydroxylation is 1. The van der Waals surface area contributed by atoms with Crippen LogP contribution in [0.15, 0.2) is 66.7 Å². The lowest BCUT2D eigenvalue weighted by molar-refractivity contribution is 0.342. The Morgan fingerprint density at radius 1 is 1.00 bits per heavy atom. The van der Waals surface area contributed by atoms with Gasteiger partial charge in [0.1, 0.15) is 5.75 Å². The lowest BCUT2D eigenvalue weighted by atomic mass is 9.93. The van der Waals surface area contributed by atoms with Crippen LogP contribution in [-0.2, 0) is 13.0 Å². The fraction of sp³-hybridized carbons (Fsp3) is 0.286. The maximum absolute atomic E-state index is 15.6. The Balaban J connectivity index is 1.45. The molecule has 0 saturated heterocycles. The Hall–Kier alpha value is -3.11. The lowest BCUT2D eigenvalue weighted by Crippen LogP contribution is -2.36. The van der Waals surface area contributed by atoms with Gasteiger partial charge in [-0.3, -0.25) is 0 Å². The molecule has 1 saturated carbocycles. The van der Waals surface area contributed by atoms with E-state index in [1.54, 1.807) is 12.1 Å². The molecular formula is C28H29FN2O. The quantitative estimate of drug-likeness (QED) is 0.368. The fourth-order valence-corrected chi connectivity index (χ4v) is 4.60. The van der Waals surface area contributed by atoms with E-state index < -0.39 is 0 Å². The Labute approximate surface area is 188 Å². The topological polar surface area (TPSA) is 37.2 Å². The maximum Gasteiger partial charge on any atom is 0.156 e. The lowest BCUT2D eigenvalue weighted by Gasteiger charge is -2.26. The van der Waals surface area contributed by atoms with Crippen molar-refractivity contribution in [2.45, 2.75) is 45.2 Å². The molecule has 0 aliphatic heterocycles. The summed E-state index contributed by atoms with van der Waals surface area (Å²) >= 11 is 0. The van der Waals surface area contributed by atoms with Gasteiger partial charge in [0.05, 0.1) is 11.2 Å². The van der Waals surface area contributed by atoms with E-state index in [2.05, 4.69) is 29.6 Å². The number of nitrogens with one attached hydrogen (secondary N) is 1. The predicted molar refractivity (Wildman–Crippen MR) is 129 cm³/mol. The van der Waals surface area contributed by atoms with Gasteiger partial charge in [0.2, 0.25) is 0 Å². The number of nitrogens with zero attached hydrogens (tertiary/aromatic N) is 1. The van der Waals surface area contributed by atoms with Crippen molar-refractivity contribution >= 4 is 10.9 Å². The molecule has 0 amide bonds. The number of aromatic hydroxyl groups is 1. The van der Waals surface area contributed by atoms with Gasteiger partial charge in [-0.25, -0.2) is 4.39 Å². The third kappa shape index (κ3) is 4.03. The van der Waals surface area contributed by atoms with Crippen LogP contribution in [-0.4, -0.2) is 22.3 Å². The molecule has 32 heavy (non-hydrogen) atoms. The van der Waals surface area contributed by atoms with Crippen LogP contribution in [0.5, 0.6) is 5.75 Å². The number of rotatable bonds is 7. The minimum Gasteiger partial charge on any atom is -0.508 e. The first kappa shape index (κ1) is 20.8. The molecular weight excluding hydrogens is 399 g/mol. The van der Waals surface area contributed by atoms with Crippen molar-refractivity contribution in [2.24, 2.45) is 0 Å². The molecule has 2 N–H and O–H groups in total. The third-order valence-corrected chi connectivity index (χ3v) is 6.70. The Morgan fingerprint density at radius 2 is 1.75 bits per heavy atom. The van der Waals surface area contributed by atoms with Crippen molar-refractivity contribution in [1.82, 2.24) is 9.88 Å². The summed E-state index contributed by atoms with van der Waals surface area (Å²) in [5, 5.41) is 14.0. The first-order chi connectivity index (χ1) is 15.6. The van der Waals surface area contributed by atoms with Crippen LogP contribution in [0, 0.1) is 12.7 Å². The monoisotopic (exact) mass is 428 g/mol. The summed E-state index contributed by atoms with van der Waals surface area (Å²) in [5.41, 5.74) is 5.69. The van der Waals surface area contributed by atoms with Crippen molar-refractivity contribution in [3.8, 4) is 17.0 Å². The van der Waals surface area contributed by atoms with Gasteiger partial charge in [0.25, 0.3) is 0 Å². The van der Waals surface area contributed by atoms with E-state index in [1.807, 2.05) is 35.8 Å². The van der Waals surface area contributed by atoms with Crippen LogP contribution in [0.1, 0.15) is 36.0 Å². The molecule has 1 fully saturated rings. The number of benzene rings is 3. The molecule has 1 heterocycles. The van der Waals surface area contributed by atoms with E-state index in [1.165, 1.54) is 30.9 Å². The van der Waals surface area contributed by atoms with Crippen LogP contribution in [0.25, 0.3) is 22.2 Å².